The van der Waals surface area contributed by atoms with Crippen molar-refractivity contribution in [2.75, 3.05) is 19.6 Å². The van der Waals surface area contributed by atoms with Gasteiger partial charge in [-0.05, 0) is 37.1 Å². The number of carbonyl (C=O) groups is 1. The molecule has 114 valence electrons. The number of hydrogen-bond acceptors (Lipinski definition) is 3. The van der Waals surface area contributed by atoms with Crippen LogP contribution < -0.4 is 10.1 Å². The molecule has 1 saturated carbocycles. The first-order chi connectivity index (χ1) is 9.87. The maximum Gasteiger partial charge on any atom is 0.573 e. The van der Waals surface area contributed by atoms with E-state index in [2.05, 4.69) is 10.1 Å². The Morgan fingerprint density at radius 3 is 2.48 bits per heavy atom. The first-order valence-corrected chi connectivity index (χ1v) is 6.77. The van der Waals surface area contributed by atoms with Crippen LogP contribution in [0, 0.1) is 0 Å². The predicted octanol–water partition coefficient (Wildman–Crippen LogP) is 2.16. The topological polar surface area (TPSA) is 41.6 Å². The highest BCUT2D eigenvalue weighted by atomic mass is 19.4. The standard InChI is InChI=1S/C14H15F3N2O2/c15-14(16,17)21-11-3-1-10(2-4-11)12(20)19-8-7-18-13(9-19)5-6-13/h1-4,18H,5-9H2. The number of benzene rings is 1. The molecule has 2 fully saturated rings. The SMILES string of the molecule is O=C(c1ccc(OC(F)(F)F)cc1)N1CCNC2(CC2)C1. The van der Waals surface area contributed by atoms with Crippen LogP contribution in [-0.4, -0.2) is 42.3 Å². The molecule has 1 heterocycles. The maximum absolute atomic E-state index is 12.3. The number of amides is 1. The summed E-state index contributed by atoms with van der Waals surface area (Å²) in [6.07, 6.45) is -2.59. The molecule has 0 unspecified atom stereocenters. The number of carbonyl (C=O) groups excluding carboxylic acids is 1. The van der Waals surface area contributed by atoms with Crippen LogP contribution in [0.5, 0.6) is 5.75 Å². The molecule has 7 heteroatoms. The second kappa shape index (κ2) is 4.91. The Hall–Kier alpha value is -1.76. The zero-order chi connectivity index (χ0) is 15.1. The molecular formula is C14H15F3N2O2. The molecule has 1 aliphatic carbocycles. The third-order valence-electron chi connectivity index (χ3n) is 3.85. The smallest absolute Gasteiger partial charge is 0.406 e. The fourth-order valence-electron chi connectivity index (χ4n) is 2.60. The minimum atomic E-state index is -4.72. The molecule has 1 saturated heterocycles. The molecule has 1 aromatic rings. The van der Waals surface area contributed by atoms with E-state index >= 15 is 0 Å². The maximum atomic E-state index is 12.3. The van der Waals surface area contributed by atoms with E-state index in [1.165, 1.54) is 12.1 Å². The number of hydrogen-bond donors (Lipinski definition) is 1. The Kier molecular flexibility index (Phi) is 3.32. The molecule has 1 aliphatic heterocycles. The van der Waals surface area contributed by atoms with E-state index in [1.807, 2.05) is 0 Å². The van der Waals surface area contributed by atoms with E-state index in [9.17, 15) is 18.0 Å². The zero-order valence-corrected chi connectivity index (χ0v) is 11.2. The lowest BCUT2D eigenvalue weighted by atomic mass is 10.1. The fraction of sp³-hybridized carbons (Fsp3) is 0.500. The molecule has 1 spiro atoms. The second-order valence-electron chi connectivity index (χ2n) is 5.51. The highest BCUT2D eigenvalue weighted by Gasteiger charge is 2.46. The summed E-state index contributed by atoms with van der Waals surface area (Å²) >= 11 is 0. The largest absolute Gasteiger partial charge is 0.573 e. The number of alkyl halides is 3. The molecule has 1 N–H and O–H groups in total. The van der Waals surface area contributed by atoms with Crippen LogP contribution >= 0.6 is 0 Å². The van der Waals surface area contributed by atoms with Gasteiger partial charge in [0, 0.05) is 30.7 Å². The number of nitrogens with one attached hydrogen (secondary N) is 1. The monoisotopic (exact) mass is 300 g/mol. The predicted molar refractivity (Wildman–Crippen MR) is 69.0 cm³/mol. The first-order valence-electron chi connectivity index (χ1n) is 6.77. The summed E-state index contributed by atoms with van der Waals surface area (Å²) < 4.78 is 40.0. The first kappa shape index (κ1) is 14.2. The lowest BCUT2D eigenvalue weighted by molar-refractivity contribution is -0.274. The number of piperazine rings is 1. The van der Waals surface area contributed by atoms with Crippen molar-refractivity contribution >= 4 is 5.91 Å². The molecule has 2 aliphatic rings. The van der Waals surface area contributed by atoms with Crippen molar-refractivity contribution < 1.29 is 22.7 Å². The average molecular weight is 300 g/mol. The molecule has 0 radical (unpaired) electrons. The van der Waals surface area contributed by atoms with E-state index < -0.39 is 6.36 Å². The summed E-state index contributed by atoms with van der Waals surface area (Å²) in [6, 6.07) is 5.06. The number of nitrogens with zero attached hydrogens (tertiary/aromatic N) is 1. The van der Waals surface area contributed by atoms with Crippen LogP contribution in [0.3, 0.4) is 0 Å². The van der Waals surface area contributed by atoms with Gasteiger partial charge in [0.1, 0.15) is 5.75 Å². The number of rotatable bonds is 2. The van der Waals surface area contributed by atoms with Crippen molar-refractivity contribution in [2.24, 2.45) is 0 Å². The van der Waals surface area contributed by atoms with Gasteiger partial charge in [-0.3, -0.25) is 4.79 Å². The highest BCUT2D eigenvalue weighted by molar-refractivity contribution is 5.94. The molecule has 3 rings (SSSR count). The fourth-order valence-corrected chi connectivity index (χ4v) is 2.60. The molecule has 0 aromatic heterocycles. The summed E-state index contributed by atoms with van der Waals surface area (Å²) in [7, 11) is 0. The summed E-state index contributed by atoms with van der Waals surface area (Å²) in [6.45, 7) is 2.02. The van der Waals surface area contributed by atoms with Crippen molar-refractivity contribution in [2.45, 2.75) is 24.7 Å². The molecule has 0 bridgehead atoms. The van der Waals surface area contributed by atoms with Crippen LogP contribution in [0.15, 0.2) is 24.3 Å². The van der Waals surface area contributed by atoms with E-state index in [0.717, 1.165) is 31.5 Å². The Morgan fingerprint density at radius 1 is 1.24 bits per heavy atom. The third kappa shape index (κ3) is 3.29. The van der Waals surface area contributed by atoms with Crippen molar-refractivity contribution in [1.29, 1.82) is 0 Å². The zero-order valence-electron chi connectivity index (χ0n) is 11.2. The Labute approximate surface area is 119 Å². The third-order valence-corrected chi connectivity index (χ3v) is 3.85. The van der Waals surface area contributed by atoms with Crippen molar-refractivity contribution in [3.05, 3.63) is 29.8 Å². The van der Waals surface area contributed by atoms with Crippen molar-refractivity contribution in [1.82, 2.24) is 10.2 Å². The molecule has 21 heavy (non-hydrogen) atoms. The Morgan fingerprint density at radius 2 is 1.90 bits per heavy atom. The molecule has 1 amide bonds. The van der Waals surface area contributed by atoms with Gasteiger partial charge in [-0.25, -0.2) is 0 Å². The van der Waals surface area contributed by atoms with Gasteiger partial charge in [-0.2, -0.15) is 0 Å². The van der Waals surface area contributed by atoms with Gasteiger partial charge < -0.3 is 15.0 Å². The number of halogens is 3. The normalized spacial score (nSPS) is 20.4. The summed E-state index contributed by atoms with van der Waals surface area (Å²) in [5.41, 5.74) is 0.454. The van der Waals surface area contributed by atoms with Gasteiger partial charge in [0.05, 0.1) is 0 Å². The number of ether oxygens (including phenoxy) is 1. The lowest BCUT2D eigenvalue weighted by Crippen LogP contribution is -2.54. The minimum absolute atomic E-state index is 0.0766. The van der Waals surface area contributed by atoms with Crippen LogP contribution in [0.4, 0.5) is 13.2 Å². The summed E-state index contributed by atoms with van der Waals surface area (Å²) in [4.78, 5) is 14.1. The highest BCUT2D eigenvalue weighted by Crippen LogP contribution is 2.37. The van der Waals surface area contributed by atoms with Gasteiger partial charge in [-0.15, -0.1) is 13.2 Å². The van der Waals surface area contributed by atoms with Crippen LogP contribution in [0.1, 0.15) is 23.2 Å². The van der Waals surface area contributed by atoms with Gasteiger partial charge in [-0.1, -0.05) is 0 Å². The van der Waals surface area contributed by atoms with E-state index in [0.29, 0.717) is 18.7 Å². The minimum Gasteiger partial charge on any atom is -0.406 e. The van der Waals surface area contributed by atoms with Gasteiger partial charge in [0.25, 0.3) is 5.91 Å². The molecule has 4 nitrogen and oxygen atoms in total. The van der Waals surface area contributed by atoms with Gasteiger partial charge in [0.2, 0.25) is 0 Å². The van der Waals surface area contributed by atoms with Crippen molar-refractivity contribution in [3.63, 3.8) is 0 Å². The molecule has 1 aromatic carbocycles. The molecular weight excluding hydrogens is 285 g/mol. The Balaban J connectivity index is 1.67. The Bertz CT molecular complexity index is 538. The van der Waals surface area contributed by atoms with E-state index in [1.54, 1.807) is 4.90 Å². The molecule has 0 atom stereocenters. The quantitative estimate of drug-likeness (QED) is 0.910. The van der Waals surface area contributed by atoms with Crippen LogP contribution in [-0.2, 0) is 0 Å². The summed E-state index contributed by atoms with van der Waals surface area (Å²) in [5, 5.41) is 3.40. The van der Waals surface area contributed by atoms with E-state index in [-0.39, 0.29) is 17.2 Å². The van der Waals surface area contributed by atoms with Crippen LogP contribution in [0.2, 0.25) is 0 Å². The average Bonchev–Trinajstić information content (AvgIpc) is 3.16. The second-order valence-corrected chi connectivity index (χ2v) is 5.51. The van der Waals surface area contributed by atoms with Gasteiger partial charge in [0.15, 0.2) is 0 Å². The van der Waals surface area contributed by atoms with E-state index in [4.69, 9.17) is 0 Å². The van der Waals surface area contributed by atoms with Crippen molar-refractivity contribution in [3.8, 4) is 5.75 Å². The van der Waals surface area contributed by atoms with Crippen LogP contribution in [0.25, 0.3) is 0 Å². The van der Waals surface area contributed by atoms with Gasteiger partial charge >= 0.3 is 6.36 Å². The lowest BCUT2D eigenvalue weighted by Gasteiger charge is -2.34. The summed E-state index contributed by atoms with van der Waals surface area (Å²) in [5.74, 6) is -0.473.